The molecule has 0 aliphatic heterocycles. The van der Waals surface area contributed by atoms with Gasteiger partial charge in [0, 0.05) is 18.3 Å². The van der Waals surface area contributed by atoms with E-state index >= 15 is 0 Å². The molecule has 0 aliphatic rings. The van der Waals surface area contributed by atoms with Crippen LogP contribution in [0.25, 0.3) is 0 Å². The number of unbranched alkanes of at least 4 members (excludes halogenated alkanes) is 3. The van der Waals surface area contributed by atoms with Crippen molar-refractivity contribution >= 4 is 8.80 Å². The molecule has 0 aromatic rings. The summed E-state index contributed by atoms with van der Waals surface area (Å²) < 4.78 is 11.2. The van der Waals surface area contributed by atoms with E-state index in [1.54, 1.807) is 0 Å². The molecule has 3 nitrogen and oxygen atoms in total. The molecule has 0 unspecified atom stereocenters. The normalized spacial score (nSPS) is 12.8. The third kappa shape index (κ3) is 8.27. The summed E-state index contributed by atoms with van der Waals surface area (Å²) in [6.45, 7) is 9.93. The summed E-state index contributed by atoms with van der Waals surface area (Å²) in [6.07, 6.45) is 4.62. The summed E-state index contributed by atoms with van der Waals surface area (Å²) >= 11 is 0. The molecular formula is C12H28O3Si. The SMILES string of the molecule is CCCCCC[Si](O)(OC(C)C)OC(C)C. The summed E-state index contributed by atoms with van der Waals surface area (Å²) in [4.78, 5) is 10.3. The number of hydrogen-bond acceptors (Lipinski definition) is 3. The zero-order valence-electron chi connectivity index (χ0n) is 11.5. The van der Waals surface area contributed by atoms with Crippen molar-refractivity contribution in [2.75, 3.05) is 0 Å². The van der Waals surface area contributed by atoms with Crippen molar-refractivity contribution in [1.29, 1.82) is 0 Å². The molecule has 0 aromatic carbocycles. The Labute approximate surface area is 102 Å². The summed E-state index contributed by atoms with van der Waals surface area (Å²) in [7, 11) is -2.93. The summed E-state index contributed by atoms with van der Waals surface area (Å²) in [6, 6.07) is 0.684. The smallest absolute Gasteiger partial charge is 0.390 e. The minimum atomic E-state index is -2.93. The fourth-order valence-corrected chi connectivity index (χ4v) is 4.12. The van der Waals surface area contributed by atoms with Crippen molar-refractivity contribution in [2.24, 2.45) is 0 Å². The predicted molar refractivity (Wildman–Crippen MR) is 69.4 cm³/mol. The van der Waals surface area contributed by atoms with Gasteiger partial charge in [0.05, 0.1) is 0 Å². The number of hydrogen-bond donors (Lipinski definition) is 1. The minimum absolute atomic E-state index is 0.0293. The quantitative estimate of drug-likeness (QED) is 0.502. The Hall–Kier alpha value is 0.0969. The molecular weight excluding hydrogens is 220 g/mol. The number of rotatable bonds is 9. The lowest BCUT2D eigenvalue weighted by Gasteiger charge is -2.28. The van der Waals surface area contributed by atoms with Gasteiger partial charge in [0.15, 0.2) is 0 Å². The molecule has 0 spiro atoms. The van der Waals surface area contributed by atoms with Crippen LogP contribution < -0.4 is 0 Å². The highest BCUT2D eigenvalue weighted by Crippen LogP contribution is 2.19. The van der Waals surface area contributed by atoms with Crippen molar-refractivity contribution in [3.63, 3.8) is 0 Å². The van der Waals surface area contributed by atoms with E-state index in [2.05, 4.69) is 6.92 Å². The second-order valence-electron chi connectivity index (χ2n) is 4.86. The van der Waals surface area contributed by atoms with E-state index < -0.39 is 8.80 Å². The van der Waals surface area contributed by atoms with E-state index in [0.29, 0.717) is 6.04 Å². The van der Waals surface area contributed by atoms with Crippen LogP contribution in [0.1, 0.15) is 60.3 Å². The second-order valence-corrected chi connectivity index (χ2v) is 7.25. The Morgan fingerprint density at radius 3 is 1.81 bits per heavy atom. The average Bonchev–Trinajstić information content (AvgIpc) is 2.09. The molecule has 0 amide bonds. The third-order valence-electron chi connectivity index (χ3n) is 2.19. The van der Waals surface area contributed by atoms with Crippen molar-refractivity contribution < 1.29 is 13.6 Å². The maximum Gasteiger partial charge on any atom is 0.498 e. The molecule has 98 valence electrons. The lowest BCUT2D eigenvalue weighted by Crippen LogP contribution is -2.46. The van der Waals surface area contributed by atoms with Gasteiger partial charge >= 0.3 is 8.80 Å². The Morgan fingerprint density at radius 2 is 1.44 bits per heavy atom. The molecule has 0 aliphatic carbocycles. The van der Waals surface area contributed by atoms with Crippen LogP contribution in [-0.2, 0) is 8.85 Å². The van der Waals surface area contributed by atoms with E-state index in [-0.39, 0.29) is 12.2 Å². The van der Waals surface area contributed by atoms with Gasteiger partial charge in [-0.1, -0.05) is 26.2 Å². The fourth-order valence-electron chi connectivity index (χ4n) is 1.66. The van der Waals surface area contributed by atoms with Crippen molar-refractivity contribution in [1.82, 2.24) is 0 Å². The van der Waals surface area contributed by atoms with Crippen LogP contribution >= 0.6 is 0 Å². The monoisotopic (exact) mass is 248 g/mol. The fraction of sp³-hybridized carbons (Fsp3) is 1.00. The van der Waals surface area contributed by atoms with Gasteiger partial charge in [0.1, 0.15) is 0 Å². The van der Waals surface area contributed by atoms with E-state index in [0.717, 1.165) is 12.8 Å². The van der Waals surface area contributed by atoms with Crippen molar-refractivity contribution in [2.45, 2.75) is 78.6 Å². The van der Waals surface area contributed by atoms with Crippen LogP contribution in [-0.4, -0.2) is 25.8 Å². The van der Waals surface area contributed by atoms with Crippen molar-refractivity contribution in [3.8, 4) is 0 Å². The summed E-state index contributed by atoms with van der Waals surface area (Å²) in [5, 5.41) is 0. The molecule has 0 saturated carbocycles. The van der Waals surface area contributed by atoms with Gasteiger partial charge in [0.25, 0.3) is 0 Å². The first-order chi connectivity index (χ1) is 7.39. The van der Waals surface area contributed by atoms with Gasteiger partial charge in [0.2, 0.25) is 0 Å². The van der Waals surface area contributed by atoms with Crippen LogP contribution in [0.2, 0.25) is 6.04 Å². The third-order valence-corrected chi connectivity index (χ3v) is 4.85. The van der Waals surface area contributed by atoms with Crippen LogP contribution in [0.3, 0.4) is 0 Å². The molecule has 0 rings (SSSR count). The van der Waals surface area contributed by atoms with Crippen LogP contribution in [0.4, 0.5) is 0 Å². The molecule has 0 aromatic heterocycles. The van der Waals surface area contributed by atoms with E-state index in [9.17, 15) is 4.80 Å². The topological polar surface area (TPSA) is 38.7 Å². The maximum absolute atomic E-state index is 10.3. The molecule has 0 atom stereocenters. The molecule has 16 heavy (non-hydrogen) atoms. The van der Waals surface area contributed by atoms with Crippen LogP contribution in [0, 0.1) is 0 Å². The van der Waals surface area contributed by atoms with E-state index in [1.807, 2.05) is 27.7 Å². The largest absolute Gasteiger partial charge is 0.498 e. The molecule has 4 heteroatoms. The molecule has 0 heterocycles. The maximum atomic E-state index is 10.3. The Balaban J connectivity index is 4.08. The van der Waals surface area contributed by atoms with Crippen LogP contribution in [0.15, 0.2) is 0 Å². The van der Waals surface area contributed by atoms with Gasteiger partial charge in [-0.15, -0.1) is 0 Å². The molecule has 0 bridgehead atoms. The lowest BCUT2D eigenvalue weighted by atomic mass is 10.2. The highest BCUT2D eigenvalue weighted by molar-refractivity contribution is 6.59. The Kier molecular flexibility index (Phi) is 8.28. The first-order valence-electron chi connectivity index (χ1n) is 6.47. The van der Waals surface area contributed by atoms with E-state index in [1.165, 1.54) is 12.8 Å². The average molecular weight is 248 g/mol. The Morgan fingerprint density at radius 1 is 0.938 bits per heavy atom. The first-order valence-corrected chi connectivity index (χ1v) is 8.44. The summed E-state index contributed by atoms with van der Waals surface area (Å²) in [5.74, 6) is 0. The molecule has 0 saturated heterocycles. The second kappa shape index (κ2) is 8.23. The molecule has 1 N–H and O–H groups in total. The van der Waals surface area contributed by atoms with Crippen LogP contribution in [0.5, 0.6) is 0 Å². The van der Waals surface area contributed by atoms with Gasteiger partial charge in [-0.3, -0.25) is 0 Å². The zero-order chi connectivity index (χ0) is 12.6. The van der Waals surface area contributed by atoms with E-state index in [4.69, 9.17) is 8.85 Å². The molecule has 0 radical (unpaired) electrons. The lowest BCUT2D eigenvalue weighted by molar-refractivity contribution is 0.0472. The highest BCUT2D eigenvalue weighted by Gasteiger charge is 2.38. The van der Waals surface area contributed by atoms with Crippen molar-refractivity contribution in [3.05, 3.63) is 0 Å². The van der Waals surface area contributed by atoms with Gasteiger partial charge in [-0.25, -0.2) is 0 Å². The van der Waals surface area contributed by atoms with Gasteiger partial charge in [-0.2, -0.15) is 0 Å². The standard InChI is InChI=1S/C12H28O3Si/c1-6-7-8-9-10-16(13,14-11(2)3)15-12(4)5/h11-13H,6-10H2,1-5H3. The van der Waals surface area contributed by atoms with Gasteiger partial charge in [-0.05, 0) is 34.1 Å². The first kappa shape index (κ1) is 16.1. The summed E-state index contributed by atoms with van der Waals surface area (Å²) in [5.41, 5.74) is 0. The van der Waals surface area contributed by atoms with Gasteiger partial charge < -0.3 is 13.6 Å². The minimum Gasteiger partial charge on any atom is -0.390 e. The predicted octanol–water partition coefficient (Wildman–Crippen LogP) is 3.35. The zero-order valence-corrected chi connectivity index (χ0v) is 12.5. The highest BCUT2D eigenvalue weighted by atomic mass is 28.4. The molecule has 0 fully saturated rings. The Bertz CT molecular complexity index is 162.